The molecule has 8 nitrogen and oxygen atoms in total. The predicted molar refractivity (Wildman–Crippen MR) is 141 cm³/mol. The summed E-state index contributed by atoms with van der Waals surface area (Å²) in [7, 11) is 1.77. The highest BCUT2D eigenvalue weighted by molar-refractivity contribution is 9.10. The molecule has 36 heavy (non-hydrogen) atoms. The molecule has 0 aliphatic carbocycles. The second kappa shape index (κ2) is 9.43. The van der Waals surface area contributed by atoms with Crippen LogP contribution in [0.4, 0.5) is 5.69 Å². The van der Waals surface area contributed by atoms with Crippen LogP contribution in [0.5, 0.6) is 0 Å². The molecule has 9 heteroatoms. The van der Waals surface area contributed by atoms with Gasteiger partial charge >= 0.3 is 5.97 Å². The lowest BCUT2D eigenvalue weighted by Gasteiger charge is -2.24. The Hall–Kier alpha value is -4.24. The van der Waals surface area contributed by atoms with Crippen molar-refractivity contribution in [3.8, 4) is 11.1 Å². The van der Waals surface area contributed by atoms with Crippen molar-refractivity contribution in [2.24, 2.45) is 12.0 Å². The van der Waals surface area contributed by atoms with Crippen LogP contribution >= 0.6 is 15.9 Å². The van der Waals surface area contributed by atoms with Crippen molar-refractivity contribution in [2.45, 2.75) is 6.17 Å². The van der Waals surface area contributed by atoms with Gasteiger partial charge in [0.25, 0.3) is 11.8 Å². The number of aryl methyl sites for hydroxylation is 1. The van der Waals surface area contributed by atoms with E-state index in [0.717, 1.165) is 31.4 Å². The van der Waals surface area contributed by atoms with Gasteiger partial charge in [0, 0.05) is 34.2 Å². The van der Waals surface area contributed by atoms with Crippen molar-refractivity contribution >= 4 is 56.5 Å². The molecule has 0 bridgehead atoms. The van der Waals surface area contributed by atoms with Crippen LogP contribution in [0.2, 0.25) is 0 Å². The molecule has 180 valence electrons. The van der Waals surface area contributed by atoms with Gasteiger partial charge in [-0.2, -0.15) is 0 Å². The van der Waals surface area contributed by atoms with Gasteiger partial charge in [0.05, 0.1) is 5.69 Å². The SMILES string of the molecule is Cn1c(C(=O)NC2N=Cc3c(-c4ccccc4)cccc3N(CC(=O)O)C2=O)cc2cc(Br)ccc21. The molecule has 2 N–H and O–H groups in total. The molecule has 1 aliphatic rings. The average Bonchev–Trinajstić information content (AvgIpc) is 3.13. The molecule has 1 aliphatic heterocycles. The third-order valence-corrected chi connectivity index (χ3v) is 6.60. The fraction of sp³-hybridized carbons (Fsp3) is 0.111. The Balaban J connectivity index is 1.53. The number of hydrogen-bond acceptors (Lipinski definition) is 4. The number of aromatic nitrogens is 1. The molecule has 0 saturated carbocycles. The normalized spacial score (nSPS) is 15.0. The second-order valence-electron chi connectivity index (χ2n) is 8.37. The number of benzene rings is 3. The maximum Gasteiger partial charge on any atom is 0.323 e. The van der Waals surface area contributed by atoms with E-state index >= 15 is 0 Å². The first kappa shape index (κ1) is 23.5. The largest absolute Gasteiger partial charge is 0.480 e. The van der Waals surface area contributed by atoms with Gasteiger partial charge < -0.3 is 15.0 Å². The summed E-state index contributed by atoms with van der Waals surface area (Å²) in [6.07, 6.45) is 0.235. The van der Waals surface area contributed by atoms with E-state index in [2.05, 4.69) is 26.2 Å². The summed E-state index contributed by atoms with van der Waals surface area (Å²) in [5, 5.41) is 13.1. The smallest absolute Gasteiger partial charge is 0.323 e. The van der Waals surface area contributed by atoms with Gasteiger partial charge in [0.15, 0.2) is 0 Å². The number of nitrogens with zero attached hydrogens (tertiary/aromatic N) is 3. The number of carbonyl (C=O) groups is 3. The van der Waals surface area contributed by atoms with Gasteiger partial charge in [-0.1, -0.05) is 58.4 Å². The van der Waals surface area contributed by atoms with E-state index in [0.29, 0.717) is 16.9 Å². The van der Waals surface area contributed by atoms with Crippen LogP contribution in [-0.2, 0) is 16.6 Å². The molecule has 0 fully saturated rings. The first-order valence-electron chi connectivity index (χ1n) is 11.1. The number of anilines is 1. The lowest BCUT2D eigenvalue weighted by atomic mass is 9.98. The summed E-state index contributed by atoms with van der Waals surface area (Å²) in [6.45, 7) is -0.568. The minimum atomic E-state index is -1.29. The number of amides is 2. The number of fused-ring (bicyclic) bond motifs is 2. The number of rotatable bonds is 5. The summed E-state index contributed by atoms with van der Waals surface area (Å²) < 4.78 is 2.62. The van der Waals surface area contributed by atoms with Gasteiger partial charge in [-0.25, -0.2) is 0 Å². The van der Waals surface area contributed by atoms with Crippen LogP contribution in [0.3, 0.4) is 0 Å². The number of halogens is 1. The summed E-state index contributed by atoms with van der Waals surface area (Å²) in [6, 6.07) is 22.3. The summed E-state index contributed by atoms with van der Waals surface area (Å²) in [5.41, 5.74) is 3.91. The zero-order chi connectivity index (χ0) is 25.4. The zero-order valence-corrected chi connectivity index (χ0v) is 20.8. The van der Waals surface area contributed by atoms with E-state index in [4.69, 9.17) is 0 Å². The highest BCUT2D eigenvalue weighted by Gasteiger charge is 2.32. The number of benzodiazepines with no additional fused rings is 1. The van der Waals surface area contributed by atoms with Crippen LogP contribution < -0.4 is 10.2 Å². The molecule has 0 radical (unpaired) electrons. The number of carboxylic acids is 1. The van der Waals surface area contributed by atoms with Crippen LogP contribution in [0.15, 0.2) is 82.3 Å². The first-order valence-corrected chi connectivity index (χ1v) is 11.9. The van der Waals surface area contributed by atoms with E-state index in [9.17, 15) is 19.5 Å². The Morgan fingerprint density at radius 1 is 1.06 bits per heavy atom. The molecule has 1 atom stereocenters. The molecular formula is C27H21BrN4O4. The summed E-state index contributed by atoms with van der Waals surface area (Å²) >= 11 is 3.44. The molecule has 4 aromatic rings. The molecule has 3 aromatic carbocycles. The zero-order valence-electron chi connectivity index (χ0n) is 19.2. The van der Waals surface area contributed by atoms with E-state index < -0.39 is 30.5 Å². The van der Waals surface area contributed by atoms with E-state index in [1.165, 1.54) is 6.21 Å². The topological polar surface area (TPSA) is 104 Å². The highest BCUT2D eigenvalue weighted by atomic mass is 79.9. The highest BCUT2D eigenvalue weighted by Crippen LogP contribution is 2.32. The van der Waals surface area contributed by atoms with E-state index in [1.807, 2.05) is 54.6 Å². The van der Waals surface area contributed by atoms with Crippen molar-refractivity contribution < 1.29 is 19.5 Å². The van der Waals surface area contributed by atoms with Crippen molar-refractivity contribution in [3.05, 3.63) is 88.5 Å². The fourth-order valence-electron chi connectivity index (χ4n) is 4.41. The molecule has 5 rings (SSSR count). The molecule has 2 amide bonds. The molecule has 0 saturated heterocycles. The maximum atomic E-state index is 13.5. The van der Waals surface area contributed by atoms with Gasteiger partial charge in [0.1, 0.15) is 12.2 Å². The number of hydrogen-bond donors (Lipinski definition) is 2. The molecule has 2 heterocycles. The Kier molecular flexibility index (Phi) is 6.15. The maximum absolute atomic E-state index is 13.5. The van der Waals surface area contributed by atoms with Gasteiger partial charge in [-0.05, 0) is 41.5 Å². The van der Waals surface area contributed by atoms with Crippen LogP contribution in [-0.4, -0.2) is 46.4 Å². The molecule has 1 aromatic heterocycles. The fourth-order valence-corrected chi connectivity index (χ4v) is 4.79. The predicted octanol–water partition coefficient (Wildman–Crippen LogP) is 4.21. The summed E-state index contributed by atoms with van der Waals surface area (Å²) in [4.78, 5) is 43.9. The van der Waals surface area contributed by atoms with Crippen molar-refractivity contribution in [2.75, 3.05) is 11.4 Å². The monoisotopic (exact) mass is 544 g/mol. The lowest BCUT2D eigenvalue weighted by molar-refractivity contribution is -0.136. The first-order chi connectivity index (χ1) is 17.3. The third kappa shape index (κ3) is 4.29. The number of carbonyl (C=O) groups excluding carboxylic acids is 2. The number of aliphatic imine (C=N–C) groups is 1. The Bertz CT molecular complexity index is 1540. The average molecular weight is 545 g/mol. The van der Waals surface area contributed by atoms with Crippen LogP contribution in [0.25, 0.3) is 22.0 Å². The van der Waals surface area contributed by atoms with Gasteiger partial charge in [-0.15, -0.1) is 0 Å². The number of aliphatic carboxylic acids is 1. The number of nitrogens with one attached hydrogen (secondary N) is 1. The van der Waals surface area contributed by atoms with E-state index in [-0.39, 0.29) is 0 Å². The van der Waals surface area contributed by atoms with Crippen molar-refractivity contribution in [3.63, 3.8) is 0 Å². The quantitative estimate of drug-likeness (QED) is 0.392. The van der Waals surface area contributed by atoms with Crippen LogP contribution in [0, 0.1) is 0 Å². The van der Waals surface area contributed by atoms with Crippen LogP contribution in [0.1, 0.15) is 16.1 Å². The Morgan fingerprint density at radius 2 is 1.83 bits per heavy atom. The standard InChI is InChI=1S/C27H21BrN4O4/c1-31-21-11-10-18(28)12-17(21)13-23(31)26(35)30-25-27(36)32(15-24(33)34)22-9-5-8-19(20(22)14-29-25)16-6-3-2-4-7-16/h2-14,25H,15H2,1H3,(H,30,35)(H,33,34). The minimum Gasteiger partial charge on any atom is -0.480 e. The van der Waals surface area contributed by atoms with E-state index in [1.54, 1.807) is 29.8 Å². The molecule has 1 unspecified atom stereocenters. The molecule has 0 spiro atoms. The molecular weight excluding hydrogens is 524 g/mol. The van der Waals surface area contributed by atoms with Gasteiger partial charge in [-0.3, -0.25) is 24.3 Å². The third-order valence-electron chi connectivity index (χ3n) is 6.11. The summed E-state index contributed by atoms with van der Waals surface area (Å²) in [5.74, 6) is -2.30. The minimum absolute atomic E-state index is 0.350. The van der Waals surface area contributed by atoms with Crippen molar-refractivity contribution in [1.29, 1.82) is 0 Å². The Labute approximate surface area is 215 Å². The Morgan fingerprint density at radius 3 is 2.58 bits per heavy atom. The van der Waals surface area contributed by atoms with Gasteiger partial charge in [0.2, 0.25) is 6.17 Å². The second-order valence-corrected chi connectivity index (χ2v) is 9.28. The van der Waals surface area contributed by atoms with Crippen molar-refractivity contribution in [1.82, 2.24) is 9.88 Å². The number of carboxylic acid groups (broad SMARTS) is 1. The lowest BCUT2D eigenvalue weighted by Crippen LogP contribution is -2.49.